The Morgan fingerprint density at radius 3 is 2.00 bits per heavy atom. The maximum absolute atomic E-state index is 10.9. The maximum Gasteiger partial charge on any atom is 0.238 e. The predicted octanol–water partition coefficient (Wildman–Crippen LogP) is 0.751. The van der Waals surface area contributed by atoms with Gasteiger partial charge in [-0.25, -0.2) is 13.6 Å². The zero-order valence-electron chi connectivity index (χ0n) is 6.96. The summed E-state index contributed by atoms with van der Waals surface area (Å²) < 4.78 is 21.8. The van der Waals surface area contributed by atoms with Crippen molar-refractivity contribution in [3.05, 3.63) is 29.3 Å². The van der Waals surface area contributed by atoms with E-state index in [9.17, 15) is 8.42 Å². The molecule has 1 radical (unpaired) electrons. The lowest BCUT2D eigenvalue weighted by atomic mass is 10.2. The fourth-order valence-corrected chi connectivity index (χ4v) is 1.70. The van der Waals surface area contributed by atoms with Gasteiger partial charge in [-0.05, 0) is 43.2 Å². The third-order valence-corrected chi connectivity index (χ3v) is 2.33. The minimum absolute atomic E-state index is 0.149. The normalized spacial score (nSPS) is 11.6. The van der Waals surface area contributed by atoms with Crippen LogP contribution < -0.4 is 5.14 Å². The van der Waals surface area contributed by atoms with E-state index < -0.39 is 10.0 Å². The van der Waals surface area contributed by atoms with Crippen LogP contribution in [-0.2, 0) is 10.0 Å². The molecule has 0 fully saturated rings. The summed E-state index contributed by atoms with van der Waals surface area (Å²) in [5.41, 5.74) is 1.55. The molecule has 65 valence electrons. The van der Waals surface area contributed by atoms with Crippen molar-refractivity contribution in [2.24, 2.45) is 5.14 Å². The van der Waals surface area contributed by atoms with Crippen LogP contribution in [0.5, 0.6) is 0 Å². The molecule has 0 saturated heterocycles. The fourth-order valence-electron chi connectivity index (χ4n) is 1.02. The molecule has 1 aromatic rings. The molecule has 0 unspecified atom stereocenters. The molecule has 4 heteroatoms. The summed E-state index contributed by atoms with van der Waals surface area (Å²) in [7, 11) is -3.57. The molecule has 2 N–H and O–H groups in total. The monoisotopic (exact) mass is 184 g/mol. The topological polar surface area (TPSA) is 60.2 Å². The van der Waals surface area contributed by atoms with Crippen molar-refractivity contribution in [2.45, 2.75) is 18.7 Å². The lowest BCUT2D eigenvalue weighted by molar-refractivity contribution is 0.597. The third kappa shape index (κ3) is 2.06. The molecule has 3 nitrogen and oxygen atoms in total. The molecular formula is C8H10NO2S. The predicted molar refractivity (Wildman–Crippen MR) is 46.1 cm³/mol. The highest BCUT2D eigenvalue weighted by atomic mass is 32.2. The first-order valence-electron chi connectivity index (χ1n) is 3.43. The van der Waals surface area contributed by atoms with Crippen LogP contribution in [0.2, 0.25) is 0 Å². The van der Waals surface area contributed by atoms with E-state index in [0.29, 0.717) is 0 Å². The van der Waals surface area contributed by atoms with E-state index in [1.165, 1.54) is 12.1 Å². The molecule has 0 heterocycles. The van der Waals surface area contributed by atoms with Gasteiger partial charge in [0, 0.05) is 0 Å². The molecule has 0 aliphatic rings. The number of hydrogen-bond donors (Lipinski definition) is 1. The van der Waals surface area contributed by atoms with Gasteiger partial charge in [0.2, 0.25) is 10.0 Å². The van der Waals surface area contributed by atoms with E-state index in [2.05, 4.69) is 6.07 Å². The number of aryl methyl sites for hydroxylation is 2. The Morgan fingerprint density at radius 1 is 1.25 bits per heavy atom. The minimum Gasteiger partial charge on any atom is -0.225 e. The van der Waals surface area contributed by atoms with Gasteiger partial charge >= 0.3 is 0 Å². The molecule has 0 spiro atoms. The second-order valence-electron chi connectivity index (χ2n) is 2.73. The van der Waals surface area contributed by atoms with Gasteiger partial charge < -0.3 is 0 Å². The smallest absolute Gasteiger partial charge is 0.225 e. The second-order valence-corrected chi connectivity index (χ2v) is 4.29. The quantitative estimate of drug-likeness (QED) is 0.700. The van der Waals surface area contributed by atoms with Crippen LogP contribution in [-0.4, -0.2) is 8.42 Å². The van der Waals surface area contributed by atoms with E-state index in [-0.39, 0.29) is 4.90 Å². The molecule has 0 bridgehead atoms. The van der Waals surface area contributed by atoms with Crippen molar-refractivity contribution < 1.29 is 8.42 Å². The maximum atomic E-state index is 10.9. The van der Waals surface area contributed by atoms with Crippen LogP contribution in [0.3, 0.4) is 0 Å². The second kappa shape index (κ2) is 2.88. The number of hydrogen-bond acceptors (Lipinski definition) is 2. The average Bonchev–Trinajstić information content (AvgIpc) is 1.82. The van der Waals surface area contributed by atoms with Crippen molar-refractivity contribution in [1.82, 2.24) is 0 Å². The van der Waals surface area contributed by atoms with Gasteiger partial charge in [0.15, 0.2) is 0 Å². The molecule has 0 aliphatic carbocycles. The zero-order chi connectivity index (χ0) is 9.35. The van der Waals surface area contributed by atoms with Gasteiger partial charge in [-0.15, -0.1) is 0 Å². The summed E-state index contributed by atoms with van der Waals surface area (Å²) in [6.45, 7) is 3.56. The van der Waals surface area contributed by atoms with Crippen molar-refractivity contribution in [3.63, 3.8) is 0 Å². The first kappa shape index (κ1) is 9.22. The van der Waals surface area contributed by atoms with Crippen molar-refractivity contribution in [2.75, 3.05) is 0 Å². The number of nitrogens with two attached hydrogens (primary N) is 1. The van der Waals surface area contributed by atoms with Crippen LogP contribution in [0.15, 0.2) is 17.0 Å². The molecule has 0 atom stereocenters. The fraction of sp³-hybridized carbons (Fsp3) is 0.250. The highest BCUT2D eigenvalue weighted by molar-refractivity contribution is 7.89. The van der Waals surface area contributed by atoms with Crippen LogP contribution in [0.25, 0.3) is 0 Å². The zero-order valence-corrected chi connectivity index (χ0v) is 7.77. The van der Waals surface area contributed by atoms with Crippen molar-refractivity contribution in [1.29, 1.82) is 0 Å². The average molecular weight is 184 g/mol. The molecule has 1 aromatic carbocycles. The molecule has 0 aromatic heterocycles. The molecule has 0 amide bonds. The highest BCUT2D eigenvalue weighted by Crippen LogP contribution is 2.11. The molecule has 1 rings (SSSR count). The van der Waals surface area contributed by atoms with Gasteiger partial charge in [0.05, 0.1) is 4.90 Å². The SMILES string of the molecule is Cc1[c]c(C)cc(S(N)(=O)=O)c1. The Bertz CT molecular complexity index is 375. The van der Waals surface area contributed by atoms with E-state index in [0.717, 1.165) is 11.1 Å². The van der Waals surface area contributed by atoms with Crippen molar-refractivity contribution in [3.8, 4) is 0 Å². The Labute approximate surface area is 72.3 Å². The van der Waals surface area contributed by atoms with Gasteiger partial charge in [0.25, 0.3) is 0 Å². The van der Waals surface area contributed by atoms with Gasteiger partial charge in [-0.3, -0.25) is 0 Å². The Kier molecular flexibility index (Phi) is 2.21. The van der Waals surface area contributed by atoms with Crippen LogP contribution in [0.1, 0.15) is 11.1 Å². The van der Waals surface area contributed by atoms with Gasteiger partial charge in [-0.2, -0.15) is 0 Å². The molecule has 0 aliphatic heterocycles. The third-order valence-electron chi connectivity index (χ3n) is 1.44. The summed E-state index contributed by atoms with van der Waals surface area (Å²) in [4.78, 5) is 0.149. The lowest BCUT2D eigenvalue weighted by Gasteiger charge is -2.00. The molecular weight excluding hydrogens is 174 g/mol. The van der Waals surface area contributed by atoms with E-state index in [1.807, 2.05) is 0 Å². The number of benzene rings is 1. The standard InChI is InChI=1S/C8H10NO2S/c1-6-3-7(2)5-8(4-6)12(9,10)11/h4-5H,1-2H3,(H2,9,10,11). The Hall–Kier alpha value is -0.870. The van der Waals surface area contributed by atoms with Gasteiger partial charge in [0.1, 0.15) is 0 Å². The van der Waals surface area contributed by atoms with Crippen LogP contribution in [0, 0.1) is 19.9 Å². The Morgan fingerprint density at radius 2 is 1.67 bits per heavy atom. The first-order valence-corrected chi connectivity index (χ1v) is 4.97. The summed E-state index contributed by atoms with van der Waals surface area (Å²) in [6.07, 6.45) is 0. The lowest BCUT2D eigenvalue weighted by Crippen LogP contribution is -2.12. The van der Waals surface area contributed by atoms with E-state index in [4.69, 9.17) is 5.14 Å². The first-order chi connectivity index (χ1) is 5.39. The van der Waals surface area contributed by atoms with Crippen LogP contribution >= 0.6 is 0 Å². The summed E-state index contributed by atoms with van der Waals surface area (Å²) in [6, 6.07) is 5.97. The summed E-state index contributed by atoms with van der Waals surface area (Å²) in [5, 5.41) is 4.95. The number of primary sulfonamides is 1. The number of sulfonamides is 1. The van der Waals surface area contributed by atoms with Crippen molar-refractivity contribution >= 4 is 10.0 Å². The summed E-state index contributed by atoms with van der Waals surface area (Å²) >= 11 is 0. The number of rotatable bonds is 1. The Balaban J connectivity index is 3.37. The summed E-state index contributed by atoms with van der Waals surface area (Å²) in [5.74, 6) is 0. The van der Waals surface area contributed by atoms with E-state index >= 15 is 0 Å². The van der Waals surface area contributed by atoms with Crippen LogP contribution in [0.4, 0.5) is 0 Å². The van der Waals surface area contributed by atoms with E-state index in [1.54, 1.807) is 13.8 Å². The molecule has 0 saturated carbocycles. The van der Waals surface area contributed by atoms with Gasteiger partial charge in [-0.1, -0.05) is 0 Å². The molecule has 12 heavy (non-hydrogen) atoms. The minimum atomic E-state index is -3.57. The highest BCUT2D eigenvalue weighted by Gasteiger charge is 2.07. The largest absolute Gasteiger partial charge is 0.238 e.